The maximum atomic E-state index is 12.2. The summed E-state index contributed by atoms with van der Waals surface area (Å²) in [6.45, 7) is 6.61. The Hall–Kier alpha value is -1.95. The fourth-order valence-corrected chi connectivity index (χ4v) is 3.44. The van der Waals surface area contributed by atoms with E-state index in [1.807, 2.05) is 31.2 Å². The van der Waals surface area contributed by atoms with Crippen molar-refractivity contribution in [2.45, 2.75) is 45.8 Å². The van der Waals surface area contributed by atoms with Crippen LogP contribution in [-0.2, 0) is 27.8 Å². The van der Waals surface area contributed by atoms with Crippen LogP contribution in [0.25, 0.3) is 11.5 Å². The molecule has 6 heteroatoms. The van der Waals surface area contributed by atoms with E-state index in [4.69, 9.17) is 4.42 Å². The quantitative estimate of drug-likeness (QED) is 0.694. The number of rotatable bonds is 9. The molecule has 0 bridgehead atoms. The van der Waals surface area contributed by atoms with Gasteiger partial charge in [-0.05, 0) is 37.5 Å². The van der Waals surface area contributed by atoms with Gasteiger partial charge in [-0.3, -0.25) is 9.00 Å². The molecule has 0 unspecified atom stereocenters. The van der Waals surface area contributed by atoms with Crippen molar-refractivity contribution >= 4 is 16.7 Å². The molecule has 0 saturated carbocycles. The Labute approximate surface area is 151 Å². The Morgan fingerprint density at radius 3 is 2.60 bits per heavy atom. The number of nitrogens with zero attached hydrogens (tertiary/aromatic N) is 1. The lowest BCUT2D eigenvalue weighted by Crippen LogP contribution is -2.29. The molecule has 1 N–H and O–H groups in total. The van der Waals surface area contributed by atoms with Crippen molar-refractivity contribution in [1.29, 1.82) is 0 Å². The highest BCUT2D eigenvalue weighted by Gasteiger charge is 2.16. The summed E-state index contributed by atoms with van der Waals surface area (Å²) in [5.41, 5.74) is 2.80. The van der Waals surface area contributed by atoms with Gasteiger partial charge >= 0.3 is 0 Å². The normalized spacial score (nSPS) is 12.1. The summed E-state index contributed by atoms with van der Waals surface area (Å²) in [7, 11) is -1.30. The summed E-state index contributed by atoms with van der Waals surface area (Å²) in [5, 5.41) is 2.78. The van der Waals surface area contributed by atoms with Crippen LogP contribution in [0.15, 0.2) is 28.7 Å². The van der Waals surface area contributed by atoms with Crippen LogP contribution in [0.5, 0.6) is 0 Å². The minimum atomic E-state index is -1.30. The van der Waals surface area contributed by atoms with E-state index in [0.29, 0.717) is 23.9 Å². The topological polar surface area (TPSA) is 72.2 Å². The number of benzene rings is 1. The van der Waals surface area contributed by atoms with Gasteiger partial charge in [0, 0.05) is 22.9 Å². The number of carbonyl (C=O) groups excluding carboxylic acids is 1. The van der Waals surface area contributed by atoms with Gasteiger partial charge in [0.25, 0.3) is 0 Å². The van der Waals surface area contributed by atoms with Gasteiger partial charge in [0.2, 0.25) is 11.8 Å². The van der Waals surface area contributed by atoms with Crippen LogP contribution in [-0.4, -0.2) is 27.4 Å². The molecule has 1 heterocycles. The molecule has 0 radical (unpaired) electrons. The second-order valence-electron chi connectivity index (χ2n) is 6.00. The molecule has 0 spiro atoms. The van der Waals surface area contributed by atoms with E-state index in [1.165, 1.54) is 5.56 Å². The van der Waals surface area contributed by atoms with Gasteiger partial charge in [-0.15, -0.1) is 0 Å². The first-order chi connectivity index (χ1) is 12.0. The second kappa shape index (κ2) is 9.51. The molecule has 1 amide bonds. The first kappa shape index (κ1) is 19.4. The zero-order valence-corrected chi connectivity index (χ0v) is 15.9. The van der Waals surface area contributed by atoms with Gasteiger partial charge in [0.1, 0.15) is 11.5 Å². The summed E-state index contributed by atoms with van der Waals surface area (Å²) < 4.78 is 17.9. The smallest absolute Gasteiger partial charge is 0.232 e. The van der Waals surface area contributed by atoms with Crippen LogP contribution in [0.4, 0.5) is 0 Å². The molecule has 0 aliphatic carbocycles. The van der Waals surface area contributed by atoms with Crippen LogP contribution in [0.3, 0.4) is 0 Å². The molecule has 0 saturated heterocycles. The average molecular weight is 362 g/mol. The van der Waals surface area contributed by atoms with Crippen molar-refractivity contribution < 1.29 is 13.4 Å². The molecular weight excluding hydrogens is 336 g/mol. The Kier molecular flexibility index (Phi) is 7.37. The third-order valence-electron chi connectivity index (χ3n) is 3.94. The second-order valence-corrected chi connectivity index (χ2v) is 7.46. The van der Waals surface area contributed by atoms with Gasteiger partial charge in [0.15, 0.2) is 0 Å². The van der Waals surface area contributed by atoms with Gasteiger partial charge in [-0.25, -0.2) is 4.98 Å². The third kappa shape index (κ3) is 5.81. The molecule has 5 nitrogen and oxygen atoms in total. The predicted molar refractivity (Wildman–Crippen MR) is 101 cm³/mol. The van der Waals surface area contributed by atoms with Crippen molar-refractivity contribution in [2.75, 3.05) is 12.3 Å². The Balaban J connectivity index is 1.97. The van der Waals surface area contributed by atoms with E-state index in [-0.39, 0.29) is 17.4 Å². The van der Waals surface area contributed by atoms with Crippen LogP contribution in [0.2, 0.25) is 0 Å². The van der Waals surface area contributed by atoms with E-state index in [0.717, 1.165) is 24.8 Å². The summed E-state index contributed by atoms with van der Waals surface area (Å²) in [4.78, 5) is 16.2. The van der Waals surface area contributed by atoms with Gasteiger partial charge in [-0.1, -0.05) is 32.4 Å². The number of oxazole rings is 1. The summed E-state index contributed by atoms with van der Waals surface area (Å²) in [6.07, 6.45) is 2.93. The summed E-state index contributed by atoms with van der Waals surface area (Å²) in [6, 6.07) is 8.05. The monoisotopic (exact) mass is 362 g/mol. The highest BCUT2D eigenvalue weighted by molar-refractivity contribution is 7.84. The van der Waals surface area contributed by atoms with E-state index < -0.39 is 10.8 Å². The molecule has 1 aromatic heterocycles. The fourth-order valence-electron chi connectivity index (χ4n) is 2.37. The van der Waals surface area contributed by atoms with Crippen LogP contribution >= 0.6 is 0 Å². The van der Waals surface area contributed by atoms with E-state index >= 15 is 0 Å². The predicted octanol–water partition coefficient (Wildman–Crippen LogP) is 3.38. The minimum absolute atomic E-state index is 0.00343. The van der Waals surface area contributed by atoms with E-state index in [9.17, 15) is 9.00 Å². The standard InChI is InChI=1S/C19H26N2O3S/c1-4-6-11-20-18(22)13-25(23)12-17-14(3)24-19(21-17)16-9-7-15(5-2)8-10-16/h7-10H,4-6,11-13H2,1-3H3,(H,20,22)/t25-/m1/s1. The lowest BCUT2D eigenvalue weighted by Gasteiger charge is -2.03. The van der Waals surface area contributed by atoms with Crippen LogP contribution in [0, 0.1) is 6.92 Å². The molecule has 0 aliphatic rings. The molecule has 2 aromatic rings. The first-order valence-electron chi connectivity index (χ1n) is 8.70. The number of carbonyl (C=O) groups is 1. The number of hydrogen-bond donors (Lipinski definition) is 1. The highest BCUT2D eigenvalue weighted by atomic mass is 32.2. The Morgan fingerprint density at radius 2 is 1.96 bits per heavy atom. The molecule has 1 atom stereocenters. The van der Waals surface area contributed by atoms with E-state index in [1.54, 1.807) is 0 Å². The number of amides is 1. The molecule has 136 valence electrons. The van der Waals surface area contributed by atoms with Crippen molar-refractivity contribution in [3.8, 4) is 11.5 Å². The minimum Gasteiger partial charge on any atom is -0.441 e. The maximum absolute atomic E-state index is 12.2. The zero-order chi connectivity index (χ0) is 18.2. The van der Waals surface area contributed by atoms with Crippen molar-refractivity contribution in [1.82, 2.24) is 10.3 Å². The van der Waals surface area contributed by atoms with Crippen molar-refractivity contribution in [2.24, 2.45) is 0 Å². The number of unbranched alkanes of at least 4 members (excludes halogenated alkanes) is 1. The Morgan fingerprint density at radius 1 is 1.24 bits per heavy atom. The van der Waals surface area contributed by atoms with Gasteiger partial charge in [0.05, 0.1) is 11.4 Å². The number of aromatic nitrogens is 1. The lowest BCUT2D eigenvalue weighted by molar-refractivity contribution is -0.118. The van der Waals surface area contributed by atoms with Crippen LogP contribution < -0.4 is 5.32 Å². The molecular formula is C19H26N2O3S. The number of hydrogen-bond acceptors (Lipinski definition) is 4. The maximum Gasteiger partial charge on any atom is 0.232 e. The molecule has 25 heavy (non-hydrogen) atoms. The van der Waals surface area contributed by atoms with Crippen molar-refractivity contribution in [3.05, 3.63) is 41.3 Å². The Bertz CT molecular complexity index is 723. The van der Waals surface area contributed by atoms with Crippen molar-refractivity contribution in [3.63, 3.8) is 0 Å². The average Bonchev–Trinajstić information content (AvgIpc) is 2.95. The van der Waals surface area contributed by atoms with Gasteiger partial charge < -0.3 is 9.73 Å². The fraction of sp³-hybridized carbons (Fsp3) is 0.474. The molecule has 0 aliphatic heterocycles. The zero-order valence-electron chi connectivity index (χ0n) is 15.1. The number of aryl methyl sites for hydroxylation is 2. The largest absolute Gasteiger partial charge is 0.441 e. The number of nitrogens with one attached hydrogen (secondary N) is 1. The van der Waals surface area contributed by atoms with Crippen LogP contribution in [0.1, 0.15) is 43.7 Å². The lowest BCUT2D eigenvalue weighted by atomic mass is 10.1. The van der Waals surface area contributed by atoms with E-state index in [2.05, 4.69) is 24.1 Å². The summed E-state index contributed by atoms with van der Waals surface area (Å²) >= 11 is 0. The third-order valence-corrected chi connectivity index (χ3v) is 5.12. The van der Waals surface area contributed by atoms with Gasteiger partial charge in [-0.2, -0.15) is 0 Å². The highest BCUT2D eigenvalue weighted by Crippen LogP contribution is 2.23. The first-order valence-corrected chi connectivity index (χ1v) is 10.2. The molecule has 0 fully saturated rings. The molecule has 1 aromatic carbocycles. The SMILES string of the molecule is CCCCNC(=O)C[S@](=O)Cc1nc(-c2ccc(CC)cc2)oc1C. The summed E-state index contributed by atoms with van der Waals surface area (Å²) in [5.74, 6) is 1.22. The molecule has 2 rings (SSSR count).